The lowest BCUT2D eigenvalue weighted by molar-refractivity contribution is -0.140. The number of hydrogen-bond acceptors (Lipinski definition) is 7. The molecule has 2 aromatic rings. The van der Waals surface area contributed by atoms with Gasteiger partial charge < -0.3 is 19.7 Å². The molecule has 36 heavy (non-hydrogen) atoms. The van der Waals surface area contributed by atoms with Gasteiger partial charge in [0.05, 0.1) is 31.1 Å². The predicted octanol–water partition coefficient (Wildman–Crippen LogP) is 4.29. The Morgan fingerprint density at radius 1 is 1.25 bits per heavy atom. The van der Waals surface area contributed by atoms with Crippen LogP contribution in [0.15, 0.2) is 50.8 Å². The van der Waals surface area contributed by atoms with Gasteiger partial charge in [0.2, 0.25) is 11.8 Å². The monoisotopic (exact) mass is 513 g/mol. The second-order valence-corrected chi connectivity index (χ2v) is 10.8. The van der Waals surface area contributed by atoms with Crippen molar-refractivity contribution in [3.05, 3.63) is 62.8 Å². The number of amides is 2. The molecule has 0 saturated carbocycles. The van der Waals surface area contributed by atoms with E-state index in [1.54, 1.807) is 12.1 Å². The zero-order valence-electron chi connectivity index (χ0n) is 20.9. The Labute approximate surface area is 215 Å². The van der Waals surface area contributed by atoms with Crippen LogP contribution >= 0.6 is 11.3 Å². The summed E-state index contributed by atoms with van der Waals surface area (Å²) < 4.78 is 5.52. The molecule has 0 bridgehead atoms. The summed E-state index contributed by atoms with van der Waals surface area (Å²) >= 11 is 1.51. The summed E-state index contributed by atoms with van der Waals surface area (Å²) in [4.78, 5) is 29.0. The number of rotatable bonds is 11. The van der Waals surface area contributed by atoms with Crippen LogP contribution in [-0.4, -0.2) is 44.7 Å². The van der Waals surface area contributed by atoms with Crippen LogP contribution in [0.25, 0.3) is 6.08 Å². The first-order chi connectivity index (χ1) is 17.4. The Bertz CT molecular complexity index is 1130. The van der Waals surface area contributed by atoms with Crippen molar-refractivity contribution >= 4 is 29.2 Å². The van der Waals surface area contributed by atoms with E-state index in [1.165, 1.54) is 16.2 Å². The Balaban J connectivity index is 1.53. The molecule has 2 amide bonds. The van der Waals surface area contributed by atoms with E-state index in [4.69, 9.17) is 4.42 Å². The number of thiophene rings is 1. The van der Waals surface area contributed by atoms with Gasteiger partial charge in [-0.25, -0.2) is 0 Å². The first-order valence-corrected chi connectivity index (χ1v) is 13.5. The molecule has 0 unspecified atom stereocenters. The highest BCUT2D eigenvalue weighted by atomic mass is 32.1. The molecule has 4 atom stereocenters. The van der Waals surface area contributed by atoms with E-state index in [2.05, 4.69) is 6.92 Å². The van der Waals surface area contributed by atoms with E-state index in [9.17, 15) is 24.9 Å². The minimum Gasteiger partial charge on any atom is -0.459 e. The molecule has 3 N–H and O–H groups in total. The molecule has 7 nitrogen and oxygen atoms in total. The van der Waals surface area contributed by atoms with E-state index in [0.717, 1.165) is 34.4 Å². The smallest absolute Gasteiger partial charge is 0.234 e. The molecule has 194 valence electrons. The molecule has 2 aromatic heterocycles. The molecule has 0 aromatic carbocycles. The van der Waals surface area contributed by atoms with Crippen molar-refractivity contribution in [2.24, 2.45) is 17.8 Å². The number of furan rings is 1. The van der Waals surface area contributed by atoms with Gasteiger partial charge in [-0.2, -0.15) is 0 Å². The molecular formula is C28H35NO6S. The summed E-state index contributed by atoms with van der Waals surface area (Å²) in [5.41, 5.74) is 2.76. The van der Waals surface area contributed by atoms with Gasteiger partial charge in [0.1, 0.15) is 18.1 Å². The summed E-state index contributed by atoms with van der Waals surface area (Å²) in [5.74, 6) is -0.949. The molecule has 3 heterocycles. The van der Waals surface area contributed by atoms with Crippen LogP contribution in [-0.2, 0) is 22.7 Å². The van der Waals surface area contributed by atoms with Crippen molar-refractivity contribution in [1.82, 2.24) is 4.90 Å². The third kappa shape index (κ3) is 5.42. The SMILES string of the molecule is CCCC1=C([C@H](O)CC/C(C)=C/c2ccc(CO)o2)[C@H](CO)[C@@H]2C(=O)N(Cc3cccs3)C(=O)[C@@H]2C1. The maximum atomic E-state index is 13.4. The van der Waals surface area contributed by atoms with Gasteiger partial charge in [-0.1, -0.05) is 30.6 Å². The number of allylic oxidation sites excluding steroid dienone is 2. The number of carbonyl (C=O) groups excluding carboxylic acids is 2. The molecule has 1 saturated heterocycles. The highest BCUT2D eigenvalue weighted by Gasteiger charge is 2.54. The van der Waals surface area contributed by atoms with Crippen LogP contribution in [0, 0.1) is 17.8 Å². The quantitative estimate of drug-likeness (QED) is 0.305. The van der Waals surface area contributed by atoms with E-state index in [0.29, 0.717) is 30.8 Å². The van der Waals surface area contributed by atoms with Crippen LogP contribution < -0.4 is 0 Å². The summed E-state index contributed by atoms with van der Waals surface area (Å²) in [5, 5.41) is 32.8. The fourth-order valence-electron chi connectivity index (χ4n) is 5.67. The molecular weight excluding hydrogens is 478 g/mol. The molecule has 1 fully saturated rings. The van der Waals surface area contributed by atoms with Gasteiger partial charge in [-0.05, 0) is 67.8 Å². The first-order valence-electron chi connectivity index (χ1n) is 12.6. The number of likely N-dealkylation sites (tertiary alicyclic amines) is 1. The molecule has 0 radical (unpaired) electrons. The van der Waals surface area contributed by atoms with Gasteiger partial charge in [-0.15, -0.1) is 11.3 Å². The summed E-state index contributed by atoms with van der Waals surface area (Å²) in [6.07, 6.45) is 4.15. The van der Waals surface area contributed by atoms with E-state index in [1.807, 2.05) is 30.5 Å². The van der Waals surface area contributed by atoms with Crippen molar-refractivity contribution in [2.45, 2.75) is 65.2 Å². The normalized spacial score (nSPS) is 23.5. The molecule has 0 spiro atoms. The second kappa shape index (κ2) is 11.7. The largest absolute Gasteiger partial charge is 0.459 e. The highest BCUT2D eigenvalue weighted by Crippen LogP contribution is 2.47. The first kappa shape index (κ1) is 26.5. The lowest BCUT2D eigenvalue weighted by Crippen LogP contribution is -2.39. The Hall–Kier alpha value is -2.52. The third-order valence-corrected chi connectivity index (χ3v) is 8.18. The van der Waals surface area contributed by atoms with Crippen molar-refractivity contribution in [2.75, 3.05) is 6.61 Å². The van der Waals surface area contributed by atoms with E-state index < -0.39 is 23.9 Å². The molecule has 8 heteroatoms. The summed E-state index contributed by atoms with van der Waals surface area (Å²) in [6, 6.07) is 7.33. The summed E-state index contributed by atoms with van der Waals surface area (Å²) in [6.45, 7) is 3.83. The van der Waals surface area contributed by atoms with Gasteiger partial charge in [0.15, 0.2) is 0 Å². The van der Waals surface area contributed by atoms with Crippen molar-refractivity contribution in [1.29, 1.82) is 0 Å². The second-order valence-electron chi connectivity index (χ2n) is 9.78. The number of aliphatic hydroxyl groups excluding tert-OH is 3. The summed E-state index contributed by atoms with van der Waals surface area (Å²) in [7, 11) is 0. The molecule has 4 rings (SSSR count). The van der Waals surface area contributed by atoms with Gasteiger partial charge in [-0.3, -0.25) is 14.5 Å². The predicted molar refractivity (Wildman–Crippen MR) is 138 cm³/mol. The molecule has 1 aliphatic heterocycles. The van der Waals surface area contributed by atoms with Crippen LogP contribution in [0.1, 0.15) is 62.3 Å². The standard InChI is InChI=1S/C28H35NO6S/c1-3-5-18-13-22-26(28(34)29(27(22)33)14-21-6-4-11-36-21)23(16-31)25(18)24(32)10-7-17(2)12-19-8-9-20(15-30)35-19/h4,6,8-9,11-12,22-24,26,30-32H,3,5,7,10,13-16H2,1-2H3/b17-12+/t22-,23+,24-,26-/m1/s1. The lowest BCUT2D eigenvalue weighted by Gasteiger charge is -2.36. The lowest BCUT2D eigenvalue weighted by atomic mass is 9.67. The minimum absolute atomic E-state index is 0.156. The number of hydrogen-bond donors (Lipinski definition) is 3. The number of fused-ring (bicyclic) bond motifs is 1. The van der Waals surface area contributed by atoms with Crippen LogP contribution in [0.5, 0.6) is 0 Å². The van der Waals surface area contributed by atoms with E-state index in [-0.39, 0.29) is 31.6 Å². The topological polar surface area (TPSA) is 111 Å². The van der Waals surface area contributed by atoms with Crippen LogP contribution in [0.2, 0.25) is 0 Å². The number of nitrogens with zero attached hydrogens (tertiary/aromatic N) is 1. The van der Waals surface area contributed by atoms with Gasteiger partial charge >= 0.3 is 0 Å². The maximum absolute atomic E-state index is 13.4. The molecule has 2 aliphatic rings. The van der Waals surface area contributed by atoms with Gasteiger partial charge in [0.25, 0.3) is 0 Å². The average Bonchev–Trinajstić information content (AvgIpc) is 3.60. The Morgan fingerprint density at radius 3 is 2.69 bits per heavy atom. The average molecular weight is 514 g/mol. The highest BCUT2D eigenvalue weighted by molar-refractivity contribution is 7.09. The fourth-order valence-corrected chi connectivity index (χ4v) is 6.36. The third-order valence-electron chi connectivity index (χ3n) is 7.32. The van der Waals surface area contributed by atoms with Crippen molar-refractivity contribution < 1.29 is 29.3 Å². The van der Waals surface area contributed by atoms with Crippen molar-refractivity contribution in [3.63, 3.8) is 0 Å². The van der Waals surface area contributed by atoms with Gasteiger partial charge in [0, 0.05) is 10.8 Å². The number of aliphatic hydroxyl groups is 3. The fraction of sp³-hybridized carbons (Fsp3) is 0.500. The minimum atomic E-state index is -0.813. The zero-order valence-corrected chi connectivity index (χ0v) is 21.7. The molecule has 1 aliphatic carbocycles. The zero-order chi connectivity index (χ0) is 25.8. The number of carbonyl (C=O) groups is 2. The van der Waals surface area contributed by atoms with Crippen molar-refractivity contribution in [3.8, 4) is 0 Å². The number of imide groups is 1. The van der Waals surface area contributed by atoms with Crippen LogP contribution in [0.4, 0.5) is 0 Å². The maximum Gasteiger partial charge on any atom is 0.234 e. The van der Waals surface area contributed by atoms with Crippen LogP contribution in [0.3, 0.4) is 0 Å². The Kier molecular flexibility index (Phi) is 8.62. The Morgan fingerprint density at radius 2 is 2.06 bits per heavy atom. The van der Waals surface area contributed by atoms with E-state index >= 15 is 0 Å².